The number of hydrogen-bond donors (Lipinski definition) is 2. The minimum atomic E-state index is -0.668. The zero-order valence-corrected chi connectivity index (χ0v) is 15.6. The molecule has 0 aromatic heterocycles. The lowest BCUT2D eigenvalue weighted by molar-refractivity contribution is -0.122. The summed E-state index contributed by atoms with van der Waals surface area (Å²) in [6.07, 6.45) is 5.70. The zero-order valence-electron chi connectivity index (χ0n) is 15.6. The first-order valence-corrected chi connectivity index (χ1v) is 9.48. The van der Waals surface area contributed by atoms with Gasteiger partial charge in [0.05, 0.1) is 11.6 Å². The van der Waals surface area contributed by atoms with Gasteiger partial charge in [0.1, 0.15) is 5.75 Å². The summed E-state index contributed by atoms with van der Waals surface area (Å²) >= 11 is 0. The van der Waals surface area contributed by atoms with Crippen molar-refractivity contribution < 1.29 is 9.53 Å². The first-order valence-electron chi connectivity index (χ1n) is 9.48. The number of benzene rings is 2. The third-order valence-corrected chi connectivity index (χ3v) is 4.77. The van der Waals surface area contributed by atoms with Gasteiger partial charge in [0.25, 0.3) is 5.91 Å². The molecule has 1 atom stereocenters. The molecule has 0 radical (unpaired) electrons. The van der Waals surface area contributed by atoms with Gasteiger partial charge in [0.2, 0.25) is 0 Å². The predicted molar refractivity (Wildman–Crippen MR) is 107 cm³/mol. The second-order valence-corrected chi connectivity index (χ2v) is 6.95. The van der Waals surface area contributed by atoms with Crippen molar-refractivity contribution in [1.82, 2.24) is 0 Å². The monoisotopic (exact) mass is 363 g/mol. The van der Waals surface area contributed by atoms with Gasteiger partial charge in [-0.05, 0) is 62.2 Å². The van der Waals surface area contributed by atoms with Gasteiger partial charge in [-0.25, -0.2) is 0 Å². The van der Waals surface area contributed by atoms with E-state index in [2.05, 4.69) is 16.7 Å². The van der Waals surface area contributed by atoms with Crippen LogP contribution < -0.4 is 15.4 Å². The minimum absolute atomic E-state index is 0.231. The number of hydrogen-bond acceptors (Lipinski definition) is 4. The van der Waals surface area contributed by atoms with Crippen LogP contribution in [-0.2, 0) is 4.79 Å². The Kier molecular flexibility index (Phi) is 6.32. The Hall–Kier alpha value is -3.00. The SMILES string of the molecule is CC(Oc1cccc(C#N)c1)C(=O)Nc1ccc(NC2CCCCC2)cc1. The average Bonchev–Trinajstić information content (AvgIpc) is 2.70. The smallest absolute Gasteiger partial charge is 0.265 e. The first kappa shape index (κ1) is 18.8. The van der Waals surface area contributed by atoms with Gasteiger partial charge in [0, 0.05) is 17.4 Å². The summed E-state index contributed by atoms with van der Waals surface area (Å²) in [7, 11) is 0. The number of nitriles is 1. The average molecular weight is 363 g/mol. The van der Waals surface area contributed by atoms with Crippen LogP contribution in [0.25, 0.3) is 0 Å². The van der Waals surface area contributed by atoms with Crippen LogP contribution in [-0.4, -0.2) is 18.1 Å². The van der Waals surface area contributed by atoms with E-state index in [1.54, 1.807) is 31.2 Å². The highest BCUT2D eigenvalue weighted by atomic mass is 16.5. The first-order chi connectivity index (χ1) is 13.1. The quantitative estimate of drug-likeness (QED) is 0.779. The molecule has 1 aliphatic carbocycles. The summed E-state index contributed by atoms with van der Waals surface area (Å²) in [5, 5.41) is 15.4. The molecule has 1 amide bonds. The molecule has 0 spiro atoms. The number of ether oxygens (including phenoxy) is 1. The van der Waals surface area contributed by atoms with Crippen molar-refractivity contribution in [3.8, 4) is 11.8 Å². The largest absolute Gasteiger partial charge is 0.481 e. The van der Waals surface area contributed by atoms with Gasteiger partial charge in [-0.15, -0.1) is 0 Å². The molecule has 2 aromatic rings. The molecule has 5 nitrogen and oxygen atoms in total. The molecule has 1 saturated carbocycles. The summed E-state index contributed by atoms with van der Waals surface area (Å²) < 4.78 is 5.64. The van der Waals surface area contributed by atoms with E-state index >= 15 is 0 Å². The Morgan fingerprint density at radius 2 is 1.81 bits per heavy atom. The van der Waals surface area contributed by atoms with E-state index in [0.717, 1.165) is 11.4 Å². The van der Waals surface area contributed by atoms with E-state index in [9.17, 15) is 4.79 Å². The molecule has 0 bridgehead atoms. The van der Waals surface area contributed by atoms with Gasteiger partial charge >= 0.3 is 0 Å². The van der Waals surface area contributed by atoms with Crippen LogP contribution in [0.3, 0.4) is 0 Å². The van der Waals surface area contributed by atoms with E-state index in [1.807, 2.05) is 24.3 Å². The van der Waals surface area contributed by atoms with Crippen molar-refractivity contribution >= 4 is 17.3 Å². The molecule has 5 heteroatoms. The van der Waals surface area contributed by atoms with Crippen LogP contribution in [0.1, 0.15) is 44.6 Å². The summed E-state index contributed by atoms with van der Waals surface area (Å²) in [6, 6.07) is 17.2. The van der Waals surface area contributed by atoms with E-state index in [4.69, 9.17) is 10.00 Å². The highest BCUT2D eigenvalue weighted by molar-refractivity contribution is 5.94. The topological polar surface area (TPSA) is 74.1 Å². The van der Waals surface area contributed by atoms with E-state index in [0.29, 0.717) is 17.4 Å². The van der Waals surface area contributed by atoms with Crippen molar-refractivity contribution in [2.24, 2.45) is 0 Å². The van der Waals surface area contributed by atoms with Gasteiger partial charge in [-0.3, -0.25) is 4.79 Å². The molecule has 2 aromatic carbocycles. The summed E-state index contributed by atoms with van der Waals surface area (Å²) in [5.74, 6) is 0.272. The zero-order chi connectivity index (χ0) is 19.1. The number of nitrogens with one attached hydrogen (secondary N) is 2. The maximum absolute atomic E-state index is 12.4. The fraction of sp³-hybridized carbons (Fsp3) is 0.364. The lowest BCUT2D eigenvalue weighted by Crippen LogP contribution is -2.30. The molecule has 2 N–H and O–H groups in total. The molecule has 140 valence electrons. The highest BCUT2D eigenvalue weighted by Crippen LogP contribution is 2.23. The van der Waals surface area contributed by atoms with Crippen LogP contribution in [0, 0.1) is 11.3 Å². The Bertz CT molecular complexity index is 805. The number of carbonyl (C=O) groups is 1. The van der Waals surface area contributed by atoms with Gasteiger partial charge in [0.15, 0.2) is 6.10 Å². The lowest BCUT2D eigenvalue weighted by atomic mass is 9.95. The number of carbonyl (C=O) groups excluding carboxylic acids is 1. The lowest BCUT2D eigenvalue weighted by Gasteiger charge is -2.24. The van der Waals surface area contributed by atoms with Gasteiger partial charge in [-0.1, -0.05) is 25.3 Å². The second-order valence-electron chi connectivity index (χ2n) is 6.95. The normalized spacial score (nSPS) is 15.4. The molecule has 1 fully saturated rings. The van der Waals surface area contributed by atoms with Crippen LogP contribution in [0.4, 0.5) is 11.4 Å². The van der Waals surface area contributed by atoms with Crippen molar-refractivity contribution in [3.05, 3.63) is 54.1 Å². The number of nitrogens with zero attached hydrogens (tertiary/aromatic N) is 1. The summed E-state index contributed by atoms with van der Waals surface area (Å²) in [6.45, 7) is 1.69. The van der Waals surface area contributed by atoms with Crippen LogP contribution in [0.5, 0.6) is 5.75 Å². The van der Waals surface area contributed by atoms with Crippen molar-refractivity contribution in [3.63, 3.8) is 0 Å². The van der Waals surface area contributed by atoms with Crippen molar-refractivity contribution in [1.29, 1.82) is 5.26 Å². The van der Waals surface area contributed by atoms with E-state index in [-0.39, 0.29) is 5.91 Å². The number of rotatable bonds is 6. The predicted octanol–water partition coefficient (Wildman–Crippen LogP) is 4.71. The van der Waals surface area contributed by atoms with Crippen LogP contribution >= 0.6 is 0 Å². The Balaban J connectivity index is 1.52. The standard InChI is InChI=1S/C22H25N3O2/c1-16(27-21-9-5-6-17(14-21)15-23)22(26)25-20-12-10-19(11-13-20)24-18-7-3-2-4-8-18/h5-6,9-14,16,18,24H,2-4,7-8H2,1H3,(H,25,26). The van der Waals surface area contributed by atoms with Gasteiger partial charge < -0.3 is 15.4 Å². The summed E-state index contributed by atoms with van der Waals surface area (Å²) in [4.78, 5) is 12.4. The molecule has 1 unspecified atom stereocenters. The Morgan fingerprint density at radius 3 is 2.52 bits per heavy atom. The Labute approximate surface area is 160 Å². The van der Waals surface area contributed by atoms with Crippen LogP contribution in [0.2, 0.25) is 0 Å². The minimum Gasteiger partial charge on any atom is -0.481 e. The molecule has 0 saturated heterocycles. The molecule has 27 heavy (non-hydrogen) atoms. The van der Waals surface area contributed by atoms with Crippen molar-refractivity contribution in [2.75, 3.05) is 10.6 Å². The molecule has 0 aliphatic heterocycles. The van der Waals surface area contributed by atoms with E-state index < -0.39 is 6.10 Å². The molecule has 1 aliphatic rings. The Morgan fingerprint density at radius 1 is 1.11 bits per heavy atom. The molecule has 3 rings (SSSR count). The second kappa shape index (κ2) is 9.09. The number of anilines is 2. The van der Waals surface area contributed by atoms with E-state index in [1.165, 1.54) is 32.1 Å². The summed E-state index contributed by atoms with van der Waals surface area (Å²) in [5.41, 5.74) is 2.31. The molecule has 0 heterocycles. The van der Waals surface area contributed by atoms with Crippen molar-refractivity contribution in [2.45, 2.75) is 51.2 Å². The maximum Gasteiger partial charge on any atom is 0.265 e. The highest BCUT2D eigenvalue weighted by Gasteiger charge is 2.16. The third-order valence-electron chi connectivity index (χ3n) is 4.77. The maximum atomic E-state index is 12.4. The number of amides is 1. The van der Waals surface area contributed by atoms with Crippen LogP contribution in [0.15, 0.2) is 48.5 Å². The molecular formula is C22H25N3O2. The third kappa shape index (κ3) is 5.49. The van der Waals surface area contributed by atoms with Gasteiger partial charge in [-0.2, -0.15) is 5.26 Å². The fourth-order valence-electron chi connectivity index (χ4n) is 3.27. The molecular weight excluding hydrogens is 338 g/mol. The fourth-order valence-corrected chi connectivity index (χ4v) is 3.27.